The van der Waals surface area contributed by atoms with Gasteiger partial charge in [0.2, 0.25) is 0 Å². The van der Waals surface area contributed by atoms with Gasteiger partial charge in [-0.05, 0) is 13.8 Å². The molecule has 0 aromatic rings. The molecule has 1 aliphatic rings. The number of hydrogen-bond donors (Lipinski definition) is 2. The fourth-order valence-corrected chi connectivity index (χ4v) is 1.78. The fraction of sp³-hybridized carbons (Fsp3) is 0.692. The smallest absolute Gasteiger partial charge is 0.164 e. The highest BCUT2D eigenvalue weighted by atomic mass is 16.8. The van der Waals surface area contributed by atoms with E-state index in [0.717, 1.165) is 0 Å². The minimum Gasteiger partial charge on any atom is -0.394 e. The summed E-state index contributed by atoms with van der Waals surface area (Å²) < 4.78 is 16.4. The summed E-state index contributed by atoms with van der Waals surface area (Å²) in [6.07, 6.45) is 3.33. The number of hydrogen-bond acceptors (Lipinski definition) is 5. The second-order valence-corrected chi connectivity index (χ2v) is 4.57. The summed E-state index contributed by atoms with van der Waals surface area (Å²) in [4.78, 5) is 0. The van der Waals surface area contributed by atoms with Crippen molar-refractivity contribution >= 4 is 0 Å². The predicted octanol–water partition coefficient (Wildman–Crippen LogP) is 0.619. The van der Waals surface area contributed by atoms with Crippen molar-refractivity contribution in [3.63, 3.8) is 0 Å². The maximum absolute atomic E-state index is 9.67. The molecule has 1 saturated heterocycles. The van der Waals surface area contributed by atoms with Gasteiger partial charge in [-0.1, -0.05) is 18.2 Å². The predicted molar refractivity (Wildman–Crippen MR) is 67.1 cm³/mol. The molecule has 1 fully saturated rings. The first kappa shape index (κ1) is 15.3. The Morgan fingerprint density at radius 3 is 2.72 bits per heavy atom. The average molecular weight is 258 g/mol. The molecule has 3 atom stereocenters. The molecule has 1 aliphatic heterocycles. The second kappa shape index (κ2) is 7.01. The quantitative estimate of drug-likeness (QED) is 0.517. The molecule has 18 heavy (non-hydrogen) atoms. The van der Waals surface area contributed by atoms with Crippen LogP contribution in [0, 0.1) is 0 Å². The molecule has 1 rings (SSSR count). The molecule has 0 bridgehead atoms. The standard InChI is InChI=1S/C13H22O5/c1-4-7-16-8-5-6-11-12(10(15)9-14)18-13(2,3)17-11/h4-6,10-12,14-15H,1,7-9H2,2-3H3/b6-5-/t10-,11+,12-/m1/s1. The highest BCUT2D eigenvalue weighted by Crippen LogP contribution is 2.30. The lowest BCUT2D eigenvalue weighted by Gasteiger charge is -2.19. The van der Waals surface area contributed by atoms with Crippen LogP contribution in [0.3, 0.4) is 0 Å². The Bertz CT molecular complexity index is 287. The number of aliphatic hydroxyl groups is 2. The van der Waals surface area contributed by atoms with Crippen molar-refractivity contribution in [3.8, 4) is 0 Å². The Kier molecular flexibility index (Phi) is 5.98. The van der Waals surface area contributed by atoms with E-state index in [9.17, 15) is 5.11 Å². The topological polar surface area (TPSA) is 68.2 Å². The first-order chi connectivity index (χ1) is 8.50. The van der Waals surface area contributed by atoms with Crippen LogP contribution in [0.4, 0.5) is 0 Å². The zero-order valence-electron chi connectivity index (χ0n) is 10.9. The van der Waals surface area contributed by atoms with Crippen LogP contribution in [0.1, 0.15) is 13.8 Å². The average Bonchev–Trinajstić information content (AvgIpc) is 2.63. The molecule has 0 radical (unpaired) electrons. The minimum atomic E-state index is -0.962. The maximum Gasteiger partial charge on any atom is 0.164 e. The van der Waals surface area contributed by atoms with E-state index in [1.54, 1.807) is 32.1 Å². The lowest BCUT2D eigenvalue weighted by Crippen LogP contribution is -2.37. The molecule has 2 N–H and O–H groups in total. The zero-order chi connectivity index (χ0) is 13.6. The third kappa shape index (κ3) is 4.51. The Morgan fingerprint density at radius 1 is 1.39 bits per heavy atom. The molecular weight excluding hydrogens is 236 g/mol. The summed E-state index contributed by atoms with van der Waals surface area (Å²) in [7, 11) is 0. The van der Waals surface area contributed by atoms with E-state index in [1.807, 2.05) is 0 Å². The van der Waals surface area contributed by atoms with Crippen LogP contribution in [0.2, 0.25) is 0 Å². The van der Waals surface area contributed by atoms with Crippen LogP contribution in [-0.2, 0) is 14.2 Å². The van der Waals surface area contributed by atoms with Crippen LogP contribution < -0.4 is 0 Å². The van der Waals surface area contributed by atoms with Gasteiger partial charge in [0, 0.05) is 0 Å². The second-order valence-electron chi connectivity index (χ2n) is 4.57. The van der Waals surface area contributed by atoms with E-state index in [0.29, 0.717) is 13.2 Å². The summed E-state index contributed by atoms with van der Waals surface area (Å²) in [6, 6.07) is 0. The van der Waals surface area contributed by atoms with Gasteiger partial charge in [-0.25, -0.2) is 0 Å². The monoisotopic (exact) mass is 258 g/mol. The van der Waals surface area contributed by atoms with E-state index in [-0.39, 0.29) is 6.61 Å². The Hall–Kier alpha value is -0.720. The van der Waals surface area contributed by atoms with E-state index >= 15 is 0 Å². The van der Waals surface area contributed by atoms with Crippen molar-refractivity contribution in [3.05, 3.63) is 24.8 Å². The molecule has 0 aliphatic carbocycles. The molecule has 0 aromatic heterocycles. The Morgan fingerprint density at radius 2 is 2.11 bits per heavy atom. The molecule has 0 spiro atoms. The summed E-state index contributed by atoms with van der Waals surface area (Å²) in [5.41, 5.74) is 0. The molecule has 0 aromatic carbocycles. The van der Waals surface area contributed by atoms with Gasteiger partial charge in [-0.3, -0.25) is 0 Å². The van der Waals surface area contributed by atoms with Gasteiger partial charge < -0.3 is 24.4 Å². The first-order valence-electron chi connectivity index (χ1n) is 6.00. The summed E-state index contributed by atoms with van der Waals surface area (Å²) in [5, 5.41) is 18.6. The van der Waals surface area contributed by atoms with Crippen LogP contribution in [0.15, 0.2) is 24.8 Å². The molecule has 0 unspecified atom stereocenters. The number of rotatable bonds is 7. The summed E-state index contributed by atoms with van der Waals surface area (Å²) in [5.74, 6) is -0.766. The zero-order valence-corrected chi connectivity index (χ0v) is 10.9. The Balaban J connectivity index is 2.52. The largest absolute Gasteiger partial charge is 0.394 e. The van der Waals surface area contributed by atoms with E-state index < -0.39 is 24.1 Å². The van der Waals surface area contributed by atoms with Crippen LogP contribution in [0.5, 0.6) is 0 Å². The molecule has 1 heterocycles. The molecule has 5 nitrogen and oxygen atoms in total. The normalized spacial score (nSPS) is 28.7. The molecule has 0 amide bonds. The van der Waals surface area contributed by atoms with Crippen molar-refractivity contribution in [2.24, 2.45) is 0 Å². The maximum atomic E-state index is 9.67. The Labute approximate surface area is 108 Å². The molecular formula is C13H22O5. The third-order valence-electron chi connectivity index (χ3n) is 2.51. The van der Waals surface area contributed by atoms with Crippen molar-refractivity contribution < 1.29 is 24.4 Å². The SMILES string of the molecule is C=CCOC/C=C\[C@@H]1OC(C)(C)O[C@@H]1[C@H](O)CO. The van der Waals surface area contributed by atoms with Gasteiger partial charge in [-0.2, -0.15) is 0 Å². The van der Waals surface area contributed by atoms with E-state index in [4.69, 9.17) is 19.3 Å². The van der Waals surface area contributed by atoms with E-state index in [2.05, 4.69) is 6.58 Å². The lowest BCUT2D eigenvalue weighted by molar-refractivity contribution is -0.155. The van der Waals surface area contributed by atoms with Crippen LogP contribution in [-0.4, -0.2) is 54.1 Å². The van der Waals surface area contributed by atoms with Crippen LogP contribution in [0.25, 0.3) is 0 Å². The number of aliphatic hydroxyl groups excluding tert-OH is 2. The number of ether oxygens (including phenoxy) is 3. The van der Waals surface area contributed by atoms with Gasteiger partial charge >= 0.3 is 0 Å². The minimum absolute atomic E-state index is 0.360. The van der Waals surface area contributed by atoms with Gasteiger partial charge in [0.25, 0.3) is 0 Å². The van der Waals surface area contributed by atoms with Gasteiger partial charge in [0.05, 0.1) is 19.8 Å². The van der Waals surface area contributed by atoms with Crippen molar-refractivity contribution in [1.82, 2.24) is 0 Å². The summed E-state index contributed by atoms with van der Waals surface area (Å²) in [6.45, 7) is 7.65. The van der Waals surface area contributed by atoms with Crippen molar-refractivity contribution in [1.29, 1.82) is 0 Å². The highest BCUT2D eigenvalue weighted by molar-refractivity contribution is 5.00. The van der Waals surface area contributed by atoms with Crippen molar-refractivity contribution in [2.45, 2.75) is 37.9 Å². The van der Waals surface area contributed by atoms with E-state index in [1.165, 1.54) is 0 Å². The first-order valence-corrected chi connectivity index (χ1v) is 6.00. The van der Waals surface area contributed by atoms with Gasteiger partial charge in [-0.15, -0.1) is 6.58 Å². The molecule has 104 valence electrons. The lowest BCUT2D eigenvalue weighted by atomic mass is 10.1. The third-order valence-corrected chi connectivity index (χ3v) is 2.51. The summed E-state index contributed by atoms with van der Waals surface area (Å²) >= 11 is 0. The van der Waals surface area contributed by atoms with Gasteiger partial charge in [0.1, 0.15) is 18.3 Å². The van der Waals surface area contributed by atoms with Gasteiger partial charge in [0.15, 0.2) is 5.79 Å². The highest BCUT2D eigenvalue weighted by Gasteiger charge is 2.43. The van der Waals surface area contributed by atoms with Crippen LogP contribution >= 0.6 is 0 Å². The molecule has 5 heteroatoms. The van der Waals surface area contributed by atoms with Crippen molar-refractivity contribution in [2.75, 3.05) is 19.8 Å². The fourth-order valence-electron chi connectivity index (χ4n) is 1.78. The molecule has 0 saturated carbocycles.